The molecule has 1 heterocycles. The van der Waals surface area contributed by atoms with Gasteiger partial charge in [-0.2, -0.15) is 5.53 Å². The number of aliphatic hydroxyl groups is 1. The molecule has 8 atom stereocenters. The van der Waals surface area contributed by atoms with Crippen LogP contribution >= 0.6 is 0 Å². The van der Waals surface area contributed by atoms with Gasteiger partial charge in [-0.15, -0.1) is 0 Å². The number of ketones is 1. The largest absolute Gasteiger partial charge is 0.390 e. The number of carbonyl (C=O) groups is 1. The van der Waals surface area contributed by atoms with E-state index in [0.717, 1.165) is 51.3 Å². The summed E-state index contributed by atoms with van der Waals surface area (Å²) in [5.74, 6) is 3.31. The number of nitrogens with zero attached hydrogens (tertiary/aromatic N) is 1. The summed E-state index contributed by atoms with van der Waals surface area (Å²) in [6.07, 6.45) is 10.1. The van der Waals surface area contributed by atoms with Gasteiger partial charge >= 0.3 is 0 Å². The lowest BCUT2D eigenvalue weighted by atomic mass is 9.43. The molecule has 0 aromatic carbocycles. The van der Waals surface area contributed by atoms with E-state index in [1.54, 1.807) is 0 Å². The molecule has 31 heavy (non-hydrogen) atoms. The first kappa shape index (κ1) is 22.3. The van der Waals surface area contributed by atoms with Crippen molar-refractivity contribution in [1.29, 1.82) is 0 Å². The maximum absolute atomic E-state index is 13.3. The summed E-state index contributed by atoms with van der Waals surface area (Å²) in [5.41, 5.74) is 6.12. The maximum atomic E-state index is 13.3. The van der Waals surface area contributed by atoms with Crippen molar-refractivity contribution in [3.63, 3.8) is 0 Å². The molecule has 0 radical (unpaired) electrons. The summed E-state index contributed by atoms with van der Waals surface area (Å²) >= 11 is 0. The van der Waals surface area contributed by atoms with Crippen molar-refractivity contribution in [3.8, 4) is 0 Å². The molecule has 4 aliphatic carbocycles. The van der Waals surface area contributed by atoms with Gasteiger partial charge in [0.1, 0.15) is 0 Å². The number of nitrogens with one attached hydrogen (secondary N) is 2. The second-order valence-electron chi connectivity index (χ2n) is 12.1. The molecule has 0 spiro atoms. The molecule has 3 N–H and O–H groups in total. The first-order valence-electron chi connectivity index (χ1n) is 12.8. The Kier molecular flexibility index (Phi) is 5.78. The normalized spacial score (nSPS) is 50.0. The standard InChI is InChI=1S/C25H43N3O3/c1-23(30)10-11-25(16-31-3)17(14-23)4-5-18-19-6-7-21(24(19,2)9-8-20(18)25)22(29)15-28-13-12-26-27-28/h17-21,26-27,30H,4-16H2,1-3H3/t17-,18-,19-,20?,21+,23+,24-,25+/m0/s1. The van der Waals surface area contributed by atoms with E-state index >= 15 is 0 Å². The maximum Gasteiger partial charge on any atom is 0.151 e. The molecular weight excluding hydrogens is 390 g/mol. The number of carbonyl (C=O) groups excluding carboxylic acids is 1. The van der Waals surface area contributed by atoms with E-state index in [-0.39, 0.29) is 16.7 Å². The summed E-state index contributed by atoms with van der Waals surface area (Å²) in [4.78, 5) is 13.3. The van der Waals surface area contributed by atoms with Crippen molar-refractivity contribution in [2.45, 2.75) is 77.2 Å². The fraction of sp³-hybridized carbons (Fsp3) is 0.960. The van der Waals surface area contributed by atoms with Gasteiger partial charge in [-0.3, -0.25) is 4.79 Å². The SMILES string of the molecule is COC[C@]12CC[C@@](C)(O)C[C@@H]1CC[C@@H]1C2CC[C@]2(C)[C@@H](C(=O)CN3CCNN3)CC[C@@H]12. The average molecular weight is 434 g/mol. The fourth-order valence-corrected chi connectivity index (χ4v) is 9.14. The number of fused-ring (bicyclic) bond motifs is 5. The van der Waals surface area contributed by atoms with Crippen LogP contribution in [0.2, 0.25) is 0 Å². The third-order valence-corrected chi connectivity index (χ3v) is 10.5. The van der Waals surface area contributed by atoms with Gasteiger partial charge in [0.15, 0.2) is 5.78 Å². The van der Waals surface area contributed by atoms with E-state index in [4.69, 9.17) is 4.74 Å². The van der Waals surface area contributed by atoms with Crippen LogP contribution in [-0.2, 0) is 9.53 Å². The predicted molar refractivity (Wildman–Crippen MR) is 120 cm³/mol. The smallest absolute Gasteiger partial charge is 0.151 e. The predicted octanol–water partition coefficient (Wildman–Crippen LogP) is 2.92. The second kappa shape index (κ2) is 8.05. The highest BCUT2D eigenvalue weighted by atomic mass is 16.5. The van der Waals surface area contributed by atoms with Gasteiger partial charge in [-0.1, -0.05) is 6.92 Å². The van der Waals surface area contributed by atoms with Crippen molar-refractivity contribution < 1.29 is 14.6 Å². The number of ether oxygens (including phenoxy) is 1. The van der Waals surface area contributed by atoms with E-state index in [1.165, 1.54) is 32.1 Å². The molecular formula is C25H43N3O3. The first-order valence-corrected chi connectivity index (χ1v) is 12.8. The molecule has 6 heteroatoms. The summed E-state index contributed by atoms with van der Waals surface area (Å²) < 4.78 is 5.87. The Labute approximate surface area is 187 Å². The number of rotatable bonds is 5. The van der Waals surface area contributed by atoms with E-state index in [1.807, 2.05) is 19.0 Å². The number of hydrogen-bond donors (Lipinski definition) is 3. The van der Waals surface area contributed by atoms with Crippen molar-refractivity contribution in [2.24, 2.45) is 40.4 Å². The van der Waals surface area contributed by atoms with Gasteiger partial charge in [0.2, 0.25) is 0 Å². The van der Waals surface area contributed by atoms with E-state index in [0.29, 0.717) is 30.1 Å². The van der Waals surface area contributed by atoms with E-state index in [2.05, 4.69) is 17.9 Å². The van der Waals surface area contributed by atoms with Crippen LogP contribution in [0, 0.1) is 40.4 Å². The Bertz CT molecular complexity index is 693. The third kappa shape index (κ3) is 3.61. The number of hydrogen-bond acceptors (Lipinski definition) is 6. The van der Waals surface area contributed by atoms with Crippen LogP contribution in [0.25, 0.3) is 0 Å². The van der Waals surface area contributed by atoms with Crippen LogP contribution in [-0.4, -0.2) is 54.9 Å². The summed E-state index contributed by atoms with van der Waals surface area (Å²) in [5, 5.41) is 12.8. The molecule has 5 rings (SSSR count). The van der Waals surface area contributed by atoms with E-state index in [9.17, 15) is 9.90 Å². The van der Waals surface area contributed by atoms with Crippen molar-refractivity contribution in [3.05, 3.63) is 0 Å². The third-order valence-electron chi connectivity index (χ3n) is 10.5. The van der Waals surface area contributed by atoms with Crippen LogP contribution in [0.3, 0.4) is 0 Å². The molecule has 1 saturated heterocycles. The molecule has 0 amide bonds. The van der Waals surface area contributed by atoms with Gasteiger partial charge in [-0.05, 0) is 99.2 Å². The van der Waals surface area contributed by atoms with Crippen LogP contribution in [0.4, 0.5) is 0 Å². The van der Waals surface area contributed by atoms with Crippen molar-refractivity contribution in [1.82, 2.24) is 16.0 Å². The number of Topliss-reactive ketones (excluding diaryl/α,β-unsaturated/α-hetero) is 1. The molecule has 6 nitrogen and oxygen atoms in total. The van der Waals surface area contributed by atoms with Crippen LogP contribution in [0.15, 0.2) is 0 Å². The number of methoxy groups -OCH3 is 1. The Morgan fingerprint density at radius 3 is 2.68 bits per heavy atom. The zero-order chi connectivity index (χ0) is 21.9. The summed E-state index contributed by atoms with van der Waals surface area (Å²) in [6, 6.07) is 0. The zero-order valence-electron chi connectivity index (χ0n) is 19.8. The van der Waals surface area contributed by atoms with Crippen molar-refractivity contribution >= 4 is 5.78 Å². The van der Waals surface area contributed by atoms with Gasteiger partial charge in [0.25, 0.3) is 0 Å². The fourth-order valence-electron chi connectivity index (χ4n) is 9.14. The number of hydrazine groups is 2. The minimum atomic E-state index is -0.513. The lowest BCUT2D eigenvalue weighted by Crippen LogP contribution is -2.58. The quantitative estimate of drug-likeness (QED) is 0.619. The van der Waals surface area contributed by atoms with Gasteiger partial charge < -0.3 is 9.84 Å². The van der Waals surface area contributed by atoms with Crippen LogP contribution < -0.4 is 11.0 Å². The molecule has 0 aromatic heterocycles. The zero-order valence-corrected chi connectivity index (χ0v) is 19.8. The Balaban J connectivity index is 1.36. The first-order chi connectivity index (χ1) is 14.8. The lowest BCUT2D eigenvalue weighted by molar-refractivity contribution is -0.175. The van der Waals surface area contributed by atoms with Gasteiger partial charge in [-0.25, -0.2) is 10.4 Å². The van der Waals surface area contributed by atoms with Crippen molar-refractivity contribution in [2.75, 3.05) is 33.4 Å². The van der Waals surface area contributed by atoms with Gasteiger partial charge in [0.05, 0.1) is 18.8 Å². The lowest BCUT2D eigenvalue weighted by Gasteiger charge is -2.62. The van der Waals surface area contributed by atoms with E-state index < -0.39 is 5.60 Å². The van der Waals surface area contributed by atoms with Crippen LogP contribution in [0.5, 0.6) is 0 Å². The molecule has 176 valence electrons. The minimum absolute atomic E-state index is 0.159. The van der Waals surface area contributed by atoms with Gasteiger partial charge in [0, 0.05) is 26.1 Å². The monoisotopic (exact) mass is 433 g/mol. The summed E-state index contributed by atoms with van der Waals surface area (Å²) in [6.45, 7) is 7.64. The Morgan fingerprint density at radius 2 is 1.94 bits per heavy atom. The molecule has 4 saturated carbocycles. The molecule has 0 bridgehead atoms. The minimum Gasteiger partial charge on any atom is -0.390 e. The Morgan fingerprint density at radius 1 is 1.10 bits per heavy atom. The van der Waals surface area contributed by atoms with Crippen LogP contribution in [0.1, 0.15) is 71.6 Å². The highest BCUT2D eigenvalue weighted by molar-refractivity contribution is 5.84. The average Bonchev–Trinajstić information content (AvgIpc) is 3.35. The topological polar surface area (TPSA) is 73.8 Å². The second-order valence-corrected chi connectivity index (χ2v) is 12.1. The molecule has 5 fully saturated rings. The molecule has 5 aliphatic rings. The Hall–Kier alpha value is -0.530. The molecule has 1 aliphatic heterocycles. The summed E-state index contributed by atoms with van der Waals surface area (Å²) in [7, 11) is 1.86. The highest BCUT2D eigenvalue weighted by Gasteiger charge is 2.63. The molecule has 0 aromatic rings. The molecule has 1 unspecified atom stereocenters. The highest BCUT2D eigenvalue weighted by Crippen LogP contribution is 2.68.